The van der Waals surface area contributed by atoms with Crippen molar-refractivity contribution in [3.63, 3.8) is 0 Å². The summed E-state index contributed by atoms with van der Waals surface area (Å²) in [6.45, 7) is 0.558. The summed E-state index contributed by atoms with van der Waals surface area (Å²) in [6.07, 6.45) is 7.26. The Morgan fingerprint density at radius 1 is 1.27 bits per heavy atom. The molecule has 0 saturated heterocycles. The summed E-state index contributed by atoms with van der Waals surface area (Å²) in [6, 6.07) is 0.568. The van der Waals surface area contributed by atoms with Gasteiger partial charge in [0, 0.05) is 18.6 Å². The maximum atomic E-state index is 11.5. The maximum Gasteiger partial charge on any atom is 0.315 e. The fraction of sp³-hybridized carbons (Fsp3) is 0.909. The van der Waals surface area contributed by atoms with Gasteiger partial charge in [-0.05, 0) is 31.6 Å². The topological polar surface area (TPSA) is 67.1 Å². The van der Waals surface area contributed by atoms with Crippen molar-refractivity contribution in [1.82, 2.24) is 10.6 Å². The molecule has 4 N–H and O–H groups in total. The highest BCUT2D eigenvalue weighted by molar-refractivity contribution is 5.75. The second kappa shape index (κ2) is 4.84. The van der Waals surface area contributed by atoms with Crippen LogP contribution in [0.4, 0.5) is 4.79 Å². The lowest BCUT2D eigenvalue weighted by Crippen LogP contribution is -2.49. The number of hydrogen-bond donors (Lipinski definition) is 3. The summed E-state index contributed by atoms with van der Waals surface area (Å²) in [5.41, 5.74) is 5.70. The Labute approximate surface area is 91.0 Å². The Bertz CT molecular complexity index is 222. The summed E-state index contributed by atoms with van der Waals surface area (Å²) in [7, 11) is 0. The van der Waals surface area contributed by atoms with Crippen LogP contribution in [0.2, 0.25) is 0 Å². The van der Waals surface area contributed by atoms with Crippen LogP contribution in [0.5, 0.6) is 0 Å². The molecule has 2 fully saturated rings. The number of amides is 2. The first-order valence-electron chi connectivity index (χ1n) is 6.06. The van der Waals surface area contributed by atoms with Gasteiger partial charge >= 0.3 is 6.03 Å². The van der Waals surface area contributed by atoms with Crippen LogP contribution in [0.25, 0.3) is 0 Å². The Morgan fingerprint density at radius 3 is 2.47 bits per heavy atom. The van der Waals surface area contributed by atoms with Crippen molar-refractivity contribution in [2.45, 2.75) is 50.6 Å². The van der Waals surface area contributed by atoms with Gasteiger partial charge in [-0.25, -0.2) is 4.79 Å². The molecule has 0 bridgehead atoms. The molecule has 4 heteroatoms. The molecule has 1 unspecified atom stereocenters. The van der Waals surface area contributed by atoms with Gasteiger partial charge in [0.25, 0.3) is 0 Å². The molecule has 15 heavy (non-hydrogen) atoms. The van der Waals surface area contributed by atoms with Gasteiger partial charge in [0.05, 0.1) is 0 Å². The van der Waals surface area contributed by atoms with Crippen molar-refractivity contribution in [3.05, 3.63) is 0 Å². The average molecular weight is 211 g/mol. The zero-order valence-corrected chi connectivity index (χ0v) is 9.17. The van der Waals surface area contributed by atoms with Crippen LogP contribution in [0.1, 0.15) is 38.5 Å². The molecule has 2 aliphatic rings. The van der Waals surface area contributed by atoms with Crippen LogP contribution in [-0.4, -0.2) is 24.7 Å². The minimum absolute atomic E-state index is 0.0279. The van der Waals surface area contributed by atoms with E-state index in [1.807, 2.05) is 0 Å². The van der Waals surface area contributed by atoms with Gasteiger partial charge in [-0.2, -0.15) is 0 Å². The quantitative estimate of drug-likeness (QED) is 0.648. The molecule has 86 valence electrons. The summed E-state index contributed by atoms with van der Waals surface area (Å²) in [5, 5.41) is 5.94. The lowest BCUT2D eigenvalue weighted by molar-refractivity contribution is 0.231. The number of hydrogen-bond acceptors (Lipinski definition) is 2. The van der Waals surface area contributed by atoms with Crippen molar-refractivity contribution < 1.29 is 4.79 Å². The van der Waals surface area contributed by atoms with Crippen LogP contribution < -0.4 is 16.4 Å². The highest BCUT2D eigenvalue weighted by Crippen LogP contribution is 2.27. The molecule has 4 nitrogen and oxygen atoms in total. The predicted molar refractivity (Wildman–Crippen MR) is 59.5 cm³/mol. The van der Waals surface area contributed by atoms with E-state index in [1.54, 1.807) is 0 Å². The smallest absolute Gasteiger partial charge is 0.315 e. The van der Waals surface area contributed by atoms with Crippen molar-refractivity contribution >= 4 is 6.03 Å². The van der Waals surface area contributed by atoms with Gasteiger partial charge in [-0.1, -0.05) is 12.8 Å². The molecule has 0 spiro atoms. The number of nitrogens with two attached hydrogens (primary N) is 1. The highest BCUT2D eigenvalue weighted by atomic mass is 16.2. The fourth-order valence-corrected chi connectivity index (χ4v) is 2.35. The zero-order valence-electron chi connectivity index (χ0n) is 9.17. The molecule has 0 aromatic carbocycles. The minimum atomic E-state index is -0.0279. The van der Waals surface area contributed by atoms with Crippen molar-refractivity contribution in [1.29, 1.82) is 0 Å². The number of rotatable bonds is 4. The van der Waals surface area contributed by atoms with E-state index in [2.05, 4.69) is 10.6 Å². The zero-order chi connectivity index (χ0) is 10.7. The van der Waals surface area contributed by atoms with E-state index in [1.165, 1.54) is 25.7 Å². The largest absolute Gasteiger partial charge is 0.335 e. The van der Waals surface area contributed by atoms with Crippen LogP contribution in [0.3, 0.4) is 0 Å². The van der Waals surface area contributed by atoms with E-state index in [9.17, 15) is 4.79 Å². The number of carbonyl (C=O) groups excluding carboxylic acids is 1. The Morgan fingerprint density at radius 2 is 1.93 bits per heavy atom. The SMILES string of the molecule is NCC(NC(=O)NC1CC1)C1CCCC1. The fourth-order valence-electron chi connectivity index (χ4n) is 2.35. The molecular weight excluding hydrogens is 190 g/mol. The summed E-state index contributed by atoms with van der Waals surface area (Å²) < 4.78 is 0. The molecule has 0 radical (unpaired) electrons. The molecule has 0 aromatic heterocycles. The molecule has 2 saturated carbocycles. The molecule has 1 atom stereocenters. The molecule has 2 rings (SSSR count). The minimum Gasteiger partial charge on any atom is -0.335 e. The van der Waals surface area contributed by atoms with Crippen LogP contribution in [0, 0.1) is 5.92 Å². The summed E-state index contributed by atoms with van der Waals surface area (Å²) in [5.74, 6) is 0.597. The van der Waals surface area contributed by atoms with Gasteiger partial charge in [0.1, 0.15) is 0 Å². The second-order valence-corrected chi connectivity index (χ2v) is 4.78. The average Bonchev–Trinajstić information content (AvgIpc) is 2.86. The van der Waals surface area contributed by atoms with Gasteiger partial charge in [-0.15, -0.1) is 0 Å². The predicted octanol–water partition coefficient (Wildman–Crippen LogP) is 0.965. The third kappa shape index (κ3) is 3.09. The Hall–Kier alpha value is -0.770. The van der Waals surface area contributed by atoms with Crippen LogP contribution in [0.15, 0.2) is 0 Å². The normalized spacial score (nSPS) is 23.8. The first-order valence-corrected chi connectivity index (χ1v) is 6.06. The number of urea groups is 1. The molecule has 0 aromatic rings. The first kappa shape index (κ1) is 10.7. The van der Waals surface area contributed by atoms with Crippen molar-refractivity contribution in [3.8, 4) is 0 Å². The molecule has 2 aliphatic carbocycles. The molecule has 2 amide bonds. The molecular formula is C11H21N3O. The molecule has 0 aliphatic heterocycles. The van der Waals surface area contributed by atoms with Crippen molar-refractivity contribution in [2.24, 2.45) is 11.7 Å². The highest BCUT2D eigenvalue weighted by Gasteiger charge is 2.27. The second-order valence-electron chi connectivity index (χ2n) is 4.78. The third-order valence-electron chi connectivity index (χ3n) is 3.45. The van der Waals surface area contributed by atoms with Crippen LogP contribution in [-0.2, 0) is 0 Å². The Balaban J connectivity index is 1.75. The molecule has 0 heterocycles. The standard InChI is InChI=1S/C11H21N3O/c12-7-10(8-3-1-2-4-8)14-11(15)13-9-5-6-9/h8-10H,1-7,12H2,(H2,13,14,15). The third-order valence-corrected chi connectivity index (χ3v) is 3.45. The van der Waals surface area contributed by atoms with Gasteiger partial charge in [0.2, 0.25) is 0 Å². The van der Waals surface area contributed by atoms with Crippen LogP contribution >= 0.6 is 0 Å². The van der Waals surface area contributed by atoms with E-state index in [0.717, 1.165) is 12.8 Å². The first-order chi connectivity index (χ1) is 7.29. The number of carbonyl (C=O) groups is 1. The van der Waals surface area contributed by atoms with E-state index in [4.69, 9.17) is 5.73 Å². The van der Waals surface area contributed by atoms with E-state index in [-0.39, 0.29) is 12.1 Å². The Kier molecular flexibility index (Phi) is 3.46. The van der Waals surface area contributed by atoms with Gasteiger partial charge < -0.3 is 16.4 Å². The number of nitrogens with one attached hydrogen (secondary N) is 2. The monoisotopic (exact) mass is 211 g/mol. The summed E-state index contributed by atoms with van der Waals surface area (Å²) >= 11 is 0. The summed E-state index contributed by atoms with van der Waals surface area (Å²) in [4.78, 5) is 11.5. The maximum absolute atomic E-state index is 11.5. The lowest BCUT2D eigenvalue weighted by Gasteiger charge is -2.23. The van der Waals surface area contributed by atoms with Gasteiger partial charge in [-0.3, -0.25) is 0 Å². The lowest BCUT2D eigenvalue weighted by atomic mass is 9.98. The van der Waals surface area contributed by atoms with E-state index >= 15 is 0 Å². The van der Waals surface area contributed by atoms with E-state index in [0.29, 0.717) is 18.5 Å². The van der Waals surface area contributed by atoms with Crippen molar-refractivity contribution in [2.75, 3.05) is 6.54 Å². The van der Waals surface area contributed by atoms with E-state index < -0.39 is 0 Å². The van der Waals surface area contributed by atoms with Gasteiger partial charge in [0.15, 0.2) is 0 Å².